The molecule has 1 atom stereocenters. The third-order valence-corrected chi connectivity index (χ3v) is 4.39. The zero-order valence-electron chi connectivity index (χ0n) is 15.3. The fourth-order valence-corrected chi connectivity index (χ4v) is 3.11. The van der Waals surface area contributed by atoms with Crippen molar-refractivity contribution in [1.82, 2.24) is 15.3 Å². The van der Waals surface area contributed by atoms with Gasteiger partial charge in [-0.05, 0) is 37.1 Å². The highest BCUT2D eigenvalue weighted by Gasteiger charge is 2.24. The first-order valence-electron chi connectivity index (χ1n) is 8.83. The number of fused-ring (bicyclic) bond motifs is 1. The number of nitrogens with zero attached hydrogens (tertiary/aromatic N) is 2. The van der Waals surface area contributed by atoms with E-state index in [1.165, 1.54) is 6.92 Å². The number of phenols is 1. The molecule has 3 aromatic rings. The molecule has 0 aliphatic carbocycles. The molecule has 0 radical (unpaired) electrons. The lowest BCUT2D eigenvalue weighted by atomic mass is 9.93. The first-order valence-corrected chi connectivity index (χ1v) is 8.83. The van der Waals surface area contributed by atoms with Gasteiger partial charge >= 0.3 is 0 Å². The largest absolute Gasteiger partial charge is 0.505 e. The van der Waals surface area contributed by atoms with Crippen molar-refractivity contribution in [3.05, 3.63) is 65.6 Å². The van der Waals surface area contributed by atoms with Gasteiger partial charge in [-0.1, -0.05) is 19.1 Å². The number of amides is 1. The number of pyridine rings is 2. The lowest BCUT2D eigenvalue weighted by molar-refractivity contribution is -0.121. The molecule has 0 bridgehead atoms. The summed E-state index contributed by atoms with van der Waals surface area (Å²) in [4.78, 5) is 32.9. The van der Waals surface area contributed by atoms with E-state index >= 15 is 0 Å². The minimum absolute atomic E-state index is 0.0544. The number of carbonyl (C=O) groups excluding carboxylic acids is 2. The highest BCUT2D eigenvalue weighted by Crippen LogP contribution is 2.36. The van der Waals surface area contributed by atoms with Crippen molar-refractivity contribution in [1.29, 1.82) is 0 Å². The van der Waals surface area contributed by atoms with E-state index in [-0.39, 0.29) is 17.4 Å². The summed E-state index contributed by atoms with van der Waals surface area (Å²) in [6, 6.07) is 8.04. The van der Waals surface area contributed by atoms with E-state index in [1.54, 1.807) is 42.9 Å². The van der Waals surface area contributed by atoms with Crippen LogP contribution in [0.1, 0.15) is 54.2 Å². The molecule has 0 fully saturated rings. The maximum Gasteiger partial charge on any atom is 0.220 e. The van der Waals surface area contributed by atoms with Gasteiger partial charge in [0.15, 0.2) is 5.78 Å². The molecule has 0 aliphatic rings. The van der Waals surface area contributed by atoms with Gasteiger partial charge in [-0.2, -0.15) is 0 Å². The summed E-state index contributed by atoms with van der Waals surface area (Å²) < 4.78 is 0. The van der Waals surface area contributed by atoms with Gasteiger partial charge in [-0.15, -0.1) is 0 Å². The number of hydrogen-bond donors (Lipinski definition) is 2. The van der Waals surface area contributed by atoms with Crippen LogP contribution < -0.4 is 5.32 Å². The van der Waals surface area contributed by atoms with Crippen LogP contribution in [0, 0.1) is 0 Å². The summed E-state index contributed by atoms with van der Waals surface area (Å²) in [6.45, 7) is 3.39. The van der Waals surface area contributed by atoms with Gasteiger partial charge in [0.2, 0.25) is 5.91 Å². The Bertz CT molecular complexity index is 987. The number of phenolic OH excluding ortho intramolecular Hbond substituents is 1. The summed E-state index contributed by atoms with van der Waals surface area (Å²) in [5.74, 6) is -0.337. The molecule has 1 aromatic carbocycles. The fraction of sp³-hybridized carbons (Fsp3) is 0.238. The highest BCUT2D eigenvalue weighted by molar-refractivity contribution is 6.08. The molecule has 1 unspecified atom stereocenters. The molecule has 27 heavy (non-hydrogen) atoms. The Morgan fingerprint density at radius 3 is 2.67 bits per heavy atom. The van der Waals surface area contributed by atoms with Crippen molar-refractivity contribution in [2.45, 2.75) is 32.7 Å². The Labute approximate surface area is 157 Å². The van der Waals surface area contributed by atoms with E-state index in [1.807, 2.05) is 13.0 Å². The number of rotatable bonds is 6. The Morgan fingerprint density at radius 2 is 2.00 bits per heavy atom. The Hall–Kier alpha value is -3.28. The van der Waals surface area contributed by atoms with Crippen LogP contribution >= 0.6 is 0 Å². The Morgan fingerprint density at radius 1 is 1.22 bits per heavy atom. The van der Waals surface area contributed by atoms with Crippen molar-refractivity contribution in [2.75, 3.05) is 0 Å². The van der Waals surface area contributed by atoms with Crippen molar-refractivity contribution in [3.63, 3.8) is 0 Å². The number of aromatic hydroxyl groups is 1. The van der Waals surface area contributed by atoms with E-state index in [2.05, 4.69) is 15.3 Å². The molecule has 6 nitrogen and oxygen atoms in total. The SMILES string of the molecule is CCCC(=O)NC(c1cccnc1)c1cc(C(C)=O)c2cccnc2c1O. The van der Waals surface area contributed by atoms with Crippen LogP contribution in [0.4, 0.5) is 0 Å². The Balaban J connectivity index is 2.22. The van der Waals surface area contributed by atoms with Crippen LogP contribution in [0.5, 0.6) is 5.75 Å². The van der Waals surface area contributed by atoms with Crippen LogP contribution in [0.3, 0.4) is 0 Å². The summed E-state index contributed by atoms with van der Waals surface area (Å²) >= 11 is 0. The second-order valence-corrected chi connectivity index (χ2v) is 6.35. The third-order valence-electron chi connectivity index (χ3n) is 4.39. The van der Waals surface area contributed by atoms with E-state index < -0.39 is 6.04 Å². The molecule has 2 N–H and O–H groups in total. The number of benzene rings is 1. The molecule has 1 amide bonds. The van der Waals surface area contributed by atoms with E-state index in [9.17, 15) is 14.7 Å². The minimum Gasteiger partial charge on any atom is -0.505 e. The Kier molecular flexibility index (Phi) is 5.45. The van der Waals surface area contributed by atoms with E-state index in [0.29, 0.717) is 40.4 Å². The second-order valence-electron chi connectivity index (χ2n) is 6.35. The maximum absolute atomic E-state index is 12.3. The predicted molar refractivity (Wildman–Crippen MR) is 103 cm³/mol. The second kappa shape index (κ2) is 7.95. The predicted octanol–water partition coefficient (Wildman–Crippen LogP) is 3.54. The van der Waals surface area contributed by atoms with E-state index in [0.717, 1.165) is 0 Å². The lowest BCUT2D eigenvalue weighted by Gasteiger charge is -2.22. The number of ketones is 1. The molecule has 2 aromatic heterocycles. The lowest BCUT2D eigenvalue weighted by Crippen LogP contribution is -2.29. The topological polar surface area (TPSA) is 92.2 Å². The van der Waals surface area contributed by atoms with Crippen LogP contribution in [-0.2, 0) is 4.79 Å². The first-order chi connectivity index (χ1) is 13.0. The molecule has 138 valence electrons. The van der Waals surface area contributed by atoms with Crippen molar-refractivity contribution >= 4 is 22.6 Å². The molecule has 6 heteroatoms. The molecular weight excluding hydrogens is 342 g/mol. The van der Waals surface area contributed by atoms with Crippen LogP contribution in [0.25, 0.3) is 10.9 Å². The third kappa shape index (κ3) is 3.79. The standard InChI is InChI=1S/C21H21N3O3/c1-3-6-18(26)24-19(14-7-4-9-22-12-14)17-11-16(13(2)25)15-8-5-10-23-20(15)21(17)27/h4-5,7-12,19,27H,3,6H2,1-2H3,(H,24,26). The van der Waals surface area contributed by atoms with Crippen molar-refractivity contribution < 1.29 is 14.7 Å². The highest BCUT2D eigenvalue weighted by atomic mass is 16.3. The number of hydrogen-bond acceptors (Lipinski definition) is 5. The zero-order valence-corrected chi connectivity index (χ0v) is 15.3. The number of Topliss-reactive ketones (excluding diaryl/α,β-unsaturated/α-hetero) is 1. The summed E-state index contributed by atoms with van der Waals surface area (Å²) in [5, 5.41) is 14.4. The first kappa shape index (κ1) is 18.5. The van der Waals surface area contributed by atoms with Gasteiger partial charge in [0.05, 0.1) is 6.04 Å². The van der Waals surface area contributed by atoms with Crippen molar-refractivity contribution in [2.24, 2.45) is 0 Å². The number of carbonyl (C=O) groups is 2. The monoisotopic (exact) mass is 363 g/mol. The van der Waals surface area contributed by atoms with Crippen LogP contribution in [-0.4, -0.2) is 26.8 Å². The molecule has 3 rings (SSSR count). The van der Waals surface area contributed by atoms with Crippen LogP contribution in [0.15, 0.2) is 48.9 Å². The van der Waals surface area contributed by atoms with Gasteiger partial charge in [0, 0.05) is 41.5 Å². The molecule has 0 saturated carbocycles. The number of nitrogens with one attached hydrogen (secondary N) is 1. The summed E-state index contributed by atoms with van der Waals surface area (Å²) in [6.07, 6.45) is 5.90. The van der Waals surface area contributed by atoms with Crippen LogP contribution in [0.2, 0.25) is 0 Å². The van der Waals surface area contributed by atoms with Gasteiger partial charge in [0.25, 0.3) is 0 Å². The smallest absolute Gasteiger partial charge is 0.220 e. The molecule has 2 heterocycles. The molecule has 0 spiro atoms. The fourth-order valence-electron chi connectivity index (χ4n) is 3.11. The zero-order chi connectivity index (χ0) is 19.4. The quantitative estimate of drug-likeness (QED) is 0.654. The minimum atomic E-state index is -0.637. The van der Waals surface area contributed by atoms with Gasteiger partial charge in [-0.3, -0.25) is 19.6 Å². The average Bonchev–Trinajstić information content (AvgIpc) is 2.67. The van der Waals surface area contributed by atoms with E-state index in [4.69, 9.17) is 0 Å². The molecule has 0 saturated heterocycles. The van der Waals surface area contributed by atoms with Gasteiger partial charge < -0.3 is 10.4 Å². The normalized spacial score (nSPS) is 11.9. The maximum atomic E-state index is 12.3. The summed E-state index contributed by atoms with van der Waals surface area (Å²) in [5.41, 5.74) is 1.91. The number of aromatic nitrogens is 2. The summed E-state index contributed by atoms with van der Waals surface area (Å²) in [7, 11) is 0. The molecule has 0 aliphatic heterocycles. The van der Waals surface area contributed by atoms with Crippen molar-refractivity contribution in [3.8, 4) is 5.75 Å². The van der Waals surface area contributed by atoms with Gasteiger partial charge in [0.1, 0.15) is 11.3 Å². The average molecular weight is 363 g/mol. The molecular formula is C21H21N3O3. The van der Waals surface area contributed by atoms with Gasteiger partial charge in [-0.25, -0.2) is 0 Å².